The van der Waals surface area contributed by atoms with Crippen LogP contribution < -0.4 is 15.5 Å². The Labute approximate surface area is 190 Å². The molecule has 8 heteroatoms. The first kappa shape index (κ1) is 22.0. The molecule has 0 aliphatic carbocycles. The van der Waals surface area contributed by atoms with Gasteiger partial charge in [-0.2, -0.15) is 0 Å². The topological polar surface area (TPSA) is 70.7 Å². The minimum absolute atomic E-state index is 0.0237. The SMILES string of the molecule is CC1CN(c2ccc(NC(=O)c3ccc(NC(=O)c4cccs4)cc3)cc2F)CC(C)O1. The number of carbonyl (C=O) groups is 2. The first-order chi connectivity index (χ1) is 15.4. The van der Waals surface area contributed by atoms with Gasteiger partial charge in [-0.3, -0.25) is 9.59 Å². The second kappa shape index (κ2) is 9.50. The Bertz CT molecular complexity index is 1090. The molecule has 1 saturated heterocycles. The molecule has 3 aromatic rings. The van der Waals surface area contributed by atoms with Crippen LogP contribution in [0.3, 0.4) is 0 Å². The zero-order chi connectivity index (χ0) is 22.7. The van der Waals surface area contributed by atoms with Crippen LogP contribution in [0, 0.1) is 5.82 Å². The fourth-order valence-electron chi connectivity index (χ4n) is 3.72. The van der Waals surface area contributed by atoms with Gasteiger partial charge < -0.3 is 20.3 Å². The molecule has 1 fully saturated rings. The van der Waals surface area contributed by atoms with E-state index in [1.807, 2.05) is 30.2 Å². The summed E-state index contributed by atoms with van der Waals surface area (Å²) >= 11 is 1.35. The molecule has 32 heavy (non-hydrogen) atoms. The number of rotatable bonds is 5. The molecule has 2 atom stereocenters. The van der Waals surface area contributed by atoms with Crippen LogP contribution >= 0.6 is 11.3 Å². The Morgan fingerprint density at radius 2 is 1.62 bits per heavy atom. The molecule has 0 radical (unpaired) electrons. The third kappa shape index (κ3) is 5.15. The highest BCUT2D eigenvalue weighted by atomic mass is 32.1. The van der Waals surface area contributed by atoms with Crippen LogP contribution in [0.25, 0.3) is 0 Å². The molecule has 166 valence electrons. The van der Waals surface area contributed by atoms with Gasteiger partial charge in [0.2, 0.25) is 0 Å². The Hall–Kier alpha value is -3.23. The first-order valence-electron chi connectivity index (χ1n) is 10.4. The number of hydrogen-bond donors (Lipinski definition) is 2. The van der Waals surface area contributed by atoms with Gasteiger partial charge in [-0.1, -0.05) is 6.07 Å². The number of carbonyl (C=O) groups excluding carboxylic acids is 2. The van der Waals surface area contributed by atoms with Crippen molar-refractivity contribution in [1.82, 2.24) is 0 Å². The van der Waals surface area contributed by atoms with E-state index in [0.29, 0.717) is 40.6 Å². The van der Waals surface area contributed by atoms with Gasteiger partial charge in [0.05, 0.1) is 22.8 Å². The largest absolute Gasteiger partial charge is 0.372 e. The number of nitrogens with one attached hydrogen (secondary N) is 2. The third-order valence-electron chi connectivity index (χ3n) is 5.12. The lowest BCUT2D eigenvalue weighted by Crippen LogP contribution is -2.45. The molecule has 2 unspecified atom stereocenters. The maximum Gasteiger partial charge on any atom is 0.265 e. The molecule has 0 spiro atoms. The summed E-state index contributed by atoms with van der Waals surface area (Å²) in [7, 11) is 0. The molecule has 2 aromatic carbocycles. The maximum atomic E-state index is 14.8. The molecule has 6 nitrogen and oxygen atoms in total. The van der Waals surface area contributed by atoms with Crippen molar-refractivity contribution in [3.05, 3.63) is 76.2 Å². The van der Waals surface area contributed by atoms with Crippen molar-refractivity contribution in [3.63, 3.8) is 0 Å². The molecule has 2 N–H and O–H groups in total. The van der Waals surface area contributed by atoms with Gasteiger partial charge in [0, 0.05) is 30.0 Å². The Kier molecular flexibility index (Phi) is 6.53. The number of nitrogens with zero attached hydrogens (tertiary/aromatic N) is 1. The minimum Gasteiger partial charge on any atom is -0.372 e. The lowest BCUT2D eigenvalue weighted by Gasteiger charge is -2.37. The summed E-state index contributed by atoms with van der Waals surface area (Å²) in [5.41, 5.74) is 1.86. The lowest BCUT2D eigenvalue weighted by molar-refractivity contribution is -0.00539. The molecular weight excluding hydrogens is 429 g/mol. The molecule has 2 heterocycles. The van der Waals surface area contributed by atoms with Crippen LogP contribution in [0.1, 0.15) is 33.9 Å². The zero-order valence-corrected chi connectivity index (χ0v) is 18.6. The van der Waals surface area contributed by atoms with Crippen molar-refractivity contribution >= 4 is 40.2 Å². The monoisotopic (exact) mass is 453 g/mol. The zero-order valence-electron chi connectivity index (χ0n) is 17.8. The van der Waals surface area contributed by atoms with E-state index in [1.54, 1.807) is 42.5 Å². The summed E-state index contributed by atoms with van der Waals surface area (Å²) in [4.78, 5) is 27.3. The smallest absolute Gasteiger partial charge is 0.265 e. The number of hydrogen-bond acceptors (Lipinski definition) is 5. The van der Waals surface area contributed by atoms with Gasteiger partial charge in [-0.05, 0) is 67.8 Å². The van der Waals surface area contributed by atoms with Crippen LogP contribution in [0.15, 0.2) is 60.0 Å². The highest BCUT2D eigenvalue weighted by Gasteiger charge is 2.24. The lowest BCUT2D eigenvalue weighted by atomic mass is 10.1. The number of anilines is 3. The van der Waals surface area contributed by atoms with E-state index in [0.717, 1.165) is 0 Å². The van der Waals surface area contributed by atoms with Crippen molar-refractivity contribution in [1.29, 1.82) is 0 Å². The van der Waals surface area contributed by atoms with Crippen LogP contribution in [-0.2, 0) is 4.74 Å². The predicted molar refractivity (Wildman–Crippen MR) is 125 cm³/mol. The summed E-state index contributed by atoms with van der Waals surface area (Å²) in [6.07, 6.45) is 0.0474. The molecular formula is C24H24FN3O3S. The summed E-state index contributed by atoms with van der Waals surface area (Å²) in [5, 5.41) is 7.34. The minimum atomic E-state index is -0.393. The number of morpholine rings is 1. The van der Waals surface area contributed by atoms with E-state index in [9.17, 15) is 14.0 Å². The van der Waals surface area contributed by atoms with Gasteiger partial charge in [0.1, 0.15) is 5.82 Å². The Morgan fingerprint density at radius 1 is 0.969 bits per heavy atom. The van der Waals surface area contributed by atoms with Gasteiger partial charge in [-0.25, -0.2) is 4.39 Å². The quantitative estimate of drug-likeness (QED) is 0.570. The van der Waals surface area contributed by atoms with E-state index in [2.05, 4.69) is 10.6 Å². The highest BCUT2D eigenvalue weighted by molar-refractivity contribution is 7.12. The van der Waals surface area contributed by atoms with E-state index in [1.165, 1.54) is 17.4 Å². The second-order valence-electron chi connectivity index (χ2n) is 7.79. The Balaban J connectivity index is 1.39. The number of benzene rings is 2. The van der Waals surface area contributed by atoms with Gasteiger partial charge >= 0.3 is 0 Å². The fraction of sp³-hybridized carbons (Fsp3) is 0.250. The van der Waals surface area contributed by atoms with E-state index >= 15 is 0 Å². The van der Waals surface area contributed by atoms with Gasteiger partial charge in [-0.15, -0.1) is 11.3 Å². The number of amides is 2. The van der Waals surface area contributed by atoms with Crippen LogP contribution in [0.5, 0.6) is 0 Å². The van der Waals surface area contributed by atoms with Crippen molar-refractivity contribution < 1.29 is 18.7 Å². The normalized spacial score (nSPS) is 18.3. The maximum absolute atomic E-state index is 14.8. The predicted octanol–water partition coefficient (Wildman–Crippen LogP) is 5.01. The highest BCUT2D eigenvalue weighted by Crippen LogP contribution is 2.26. The van der Waals surface area contributed by atoms with Crippen molar-refractivity contribution in [3.8, 4) is 0 Å². The molecule has 2 amide bonds. The number of halogens is 1. The number of thiophene rings is 1. The van der Waals surface area contributed by atoms with Crippen molar-refractivity contribution in [2.45, 2.75) is 26.1 Å². The van der Waals surface area contributed by atoms with Crippen LogP contribution in [0.2, 0.25) is 0 Å². The summed E-state index contributed by atoms with van der Waals surface area (Å²) < 4.78 is 20.5. The summed E-state index contributed by atoms with van der Waals surface area (Å²) in [6.45, 7) is 5.16. The molecule has 1 aliphatic rings. The summed E-state index contributed by atoms with van der Waals surface area (Å²) in [6, 6.07) is 14.8. The van der Waals surface area contributed by atoms with Crippen LogP contribution in [-0.4, -0.2) is 37.1 Å². The molecule has 0 saturated carbocycles. The van der Waals surface area contributed by atoms with E-state index < -0.39 is 5.82 Å². The standard InChI is InChI=1S/C24H24FN3O3S/c1-15-13-28(14-16(2)31-15)21-10-9-19(12-20(21)25)27-23(29)17-5-7-18(8-6-17)26-24(30)22-4-3-11-32-22/h3-12,15-16H,13-14H2,1-2H3,(H,26,30)(H,27,29). The fourth-order valence-corrected chi connectivity index (χ4v) is 4.34. The number of ether oxygens (including phenoxy) is 1. The van der Waals surface area contributed by atoms with E-state index in [4.69, 9.17) is 4.74 Å². The molecule has 1 aliphatic heterocycles. The second-order valence-corrected chi connectivity index (χ2v) is 8.74. The van der Waals surface area contributed by atoms with Gasteiger partial charge in [0.15, 0.2) is 0 Å². The average Bonchev–Trinajstić information content (AvgIpc) is 3.29. The Morgan fingerprint density at radius 3 is 2.25 bits per heavy atom. The van der Waals surface area contributed by atoms with Crippen molar-refractivity contribution in [2.75, 3.05) is 28.6 Å². The van der Waals surface area contributed by atoms with Crippen molar-refractivity contribution in [2.24, 2.45) is 0 Å². The first-order valence-corrected chi connectivity index (χ1v) is 11.2. The van der Waals surface area contributed by atoms with E-state index in [-0.39, 0.29) is 24.0 Å². The molecule has 4 rings (SSSR count). The third-order valence-corrected chi connectivity index (χ3v) is 5.98. The molecule has 1 aromatic heterocycles. The molecule has 0 bridgehead atoms. The van der Waals surface area contributed by atoms with Gasteiger partial charge in [0.25, 0.3) is 11.8 Å². The van der Waals surface area contributed by atoms with Crippen LogP contribution in [0.4, 0.5) is 21.5 Å². The summed E-state index contributed by atoms with van der Waals surface area (Å²) in [5.74, 6) is -0.950. The average molecular weight is 454 g/mol.